The molecule has 1 aromatic rings. The Bertz CT molecular complexity index is 331. The summed E-state index contributed by atoms with van der Waals surface area (Å²) in [7, 11) is 2.19. The first-order valence-corrected chi connectivity index (χ1v) is 7.32. The van der Waals surface area contributed by atoms with Crippen molar-refractivity contribution in [2.24, 2.45) is 0 Å². The molecule has 0 aliphatic heterocycles. The minimum absolute atomic E-state index is 1.02. The quantitative estimate of drug-likeness (QED) is 0.618. The molecule has 0 heterocycles. The molecule has 84 valence electrons. The van der Waals surface area contributed by atoms with Gasteiger partial charge in [-0.15, -0.1) is 0 Å². The minimum Gasteiger partial charge on any atom is -0.373 e. The van der Waals surface area contributed by atoms with E-state index >= 15 is 0 Å². The Morgan fingerprint density at radius 1 is 1.07 bits per heavy atom. The van der Waals surface area contributed by atoms with Gasteiger partial charge in [0.25, 0.3) is 0 Å². The molecule has 1 rings (SSSR count). The van der Waals surface area contributed by atoms with Gasteiger partial charge in [0.1, 0.15) is 0 Å². The van der Waals surface area contributed by atoms with E-state index in [2.05, 4.69) is 34.7 Å². The molecule has 0 spiro atoms. The van der Waals surface area contributed by atoms with E-state index in [0.29, 0.717) is 0 Å². The topological polar surface area (TPSA) is 27.7 Å². The average molecular weight is 338 g/mol. The van der Waals surface area contributed by atoms with Gasteiger partial charge in [-0.3, -0.25) is 0 Å². The Hall–Kier alpha value is 0.0469. The zero-order valence-corrected chi connectivity index (χ0v) is 12.5. The average Bonchev–Trinajstić information content (AvgIpc) is 2.26. The van der Waals surface area contributed by atoms with Gasteiger partial charge < -0.3 is 13.3 Å². The van der Waals surface area contributed by atoms with Gasteiger partial charge in [-0.05, 0) is 35.6 Å². The number of halogens is 1. The summed E-state index contributed by atoms with van der Waals surface area (Å²) >= 11 is 2.27. The summed E-state index contributed by atoms with van der Waals surface area (Å²) in [5.41, 5.74) is 1.17. The van der Waals surface area contributed by atoms with E-state index in [1.165, 1.54) is 5.56 Å². The molecule has 0 fully saturated rings. The van der Waals surface area contributed by atoms with Crippen molar-refractivity contribution in [2.75, 3.05) is 21.3 Å². The van der Waals surface area contributed by atoms with E-state index in [9.17, 15) is 0 Å². The fourth-order valence-electron chi connectivity index (χ4n) is 1.45. The highest BCUT2D eigenvalue weighted by Crippen LogP contribution is 2.13. The summed E-state index contributed by atoms with van der Waals surface area (Å²) in [6.45, 7) is 2.04. The van der Waals surface area contributed by atoms with Gasteiger partial charge in [-0.1, -0.05) is 17.7 Å². The lowest BCUT2D eigenvalue weighted by molar-refractivity contribution is 0.140. The number of hydrogen-bond donors (Lipinski definition) is 0. The molecule has 0 radical (unpaired) electrons. The molecule has 0 bridgehead atoms. The van der Waals surface area contributed by atoms with Gasteiger partial charge >= 0.3 is 8.80 Å². The second kappa shape index (κ2) is 5.40. The van der Waals surface area contributed by atoms with Crippen LogP contribution in [-0.4, -0.2) is 30.1 Å². The molecule has 15 heavy (non-hydrogen) atoms. The molecular formula is C10H15IO3Si. The van der Waals surface area contributed by atoms with Crippen LogP contribution in [0.1, 0.15) is 5.56 Å². The van der Waals surface area contributed by atoms with Crippen molar-refractivity contribution in [3.63, 3.8) is 0 Å². The second-order valence-electron chi connectivity index (χ2n) is 3.15. The molecule has 3 nitrogen and oxygen atoms in total. The summed E-state index contributed by atoms with van der Waals surface area (Å²) in [5.74, 6) is 0. The van der Waals surface area contributed by atoms with Crippen molar-refractivity contribution in [3.8, 4) is 0 Å². The van der Waals surface area contributed by atoms with Gasteiger partial charge in [0.15, 0.2) is 0 Å². The van der Waals surface area contributed by atoms with Crippen LogP contribution in [0.15, 0.2) is 18.2 Å². The first kappa shape index (κ1) is 13.1. The van der Waals surface area contributed by atoms with Crippen molar-refractivity contribution in [1.29, 1.82) is 0 Å². The van der Waals surface area contributed by atoms with Crippen LogP contribution in [0.25, 0.3) is 0 Å². The fraction of sp³-hybridized carbons (Fsp3) is 0.400. The number of benzene rings is 1. The number of rotatable bonds is 4. The van der Waals surface area contributed by atoms with Crippen LogP contribution in [0.4, 0.5) is 0 Å². The zero-order valence-electron chi connectivity index (χ0n) is 9.33. The highest BCUT2D eigenvalue weighted by Gasteiger charge is 2.42. The van der Waals surface area contributed by atoms with Crippen molar-refractivity contribution < 1.29 is 13.3 Å². The standard InChI is InChI=1S/C10H15IO3Si/c1-8-5-6-9(11)10(7-8)15(12-2,13-3)14-4/h5-7H,1-4H3. The molecule has 1 aromatic carbocycles. The third kappa shape index (κ3) is 2.59. The Morgan fingerprint density at radius 2 is 1.60 bits per heavy atom. The lowest BCUT2D eigenvalue weighted by atomic mass is 10.2. The molecule has 0 aliphatic rings. The second-order valence-corrected chi connectivity index (χ2v) is 7.19. The van der Waals surface area contributed by atoms with Gasteiger partial charge in [-0.2, -0.15) is 0 Å². The minimum atomic E-state index is -2.68. The van der Waals surface area contributed by atoms with Crippen LogP contribution in [0, 0.1) is 10.5 Å². The Morgan fingerprint density at radius 3 is 2.07 bits per heavy atom. The molecule has 0 amide bonds. The molecule has 0 aromatic heterocycles. The van der Waals surface area contributed by atoms with Crippen LogP contribution < -0.4 is 5.19 Å². The van der Waals surface area contributed by atoms with Crippen LogP contribution in [0.2, 0.25) is 0 Å². The Balaban J connectivity index is 3.27. The van der Waals surface area contributed by atoms with Gasteiger partial charge in [0.05, 0.1) is 0 Å². The van der Waals surface area contributed by atoms with E-state index in [4.69, 9.17) is 13.3 Å². The zero-order chi connectivity index (χ0) is 11.5. The van der Waals surface area contributed by atoms with Crippen molar-refractivity contribution in [2.45, 2.75) is 6.92 Å². The predicted molar refractivity (Wildman–Crippen MR) is 70.3 cm³/mol. The van der Waals surface area contributed by atoms with Crippen LogP contribution in [-0.2, 0) is 13.3 Å². The predicted octanol–water partition coefficient (Wildman–Crippen LogP) is 1.68. The first-order valence-electron chi connectivity index (χ1n) is 4.51. The van der Waals surface area contributed by atoms with Gasteiger partial charge in [0.2, 0.25) is 0 Å². The molecule has 0 saturated heterocycles. The summed E-state index contributed by atoms with van der Waals surface area (Å²) in [6, 6.07) is 6.17. The number of aryl methyl sites for hydroxylation is 1. The van der Waals surface area contributed by atoms with Crippen LogP contribution >= 0.6 is 22.6 Å². The highest BCUT2D eigenvalue weighted by atomic mass is 127. The molecule has 0 saturated carbocycles. The molecule has 0 unspecified atom stereocenters. The van der Waals surface area contributed by atoms with E-state index in [1.807, 2.05) is 13.0 Å². The largest absolute Gasteiger partial charge is 0.537 e. The molecule has 5 heteroatoms. The van der Waals surface area contributed by atoms with Crippen LogP contribution in [0.5, 0.6) is 0 Å². The van der Waals surface area contributed by atoms with Gasteiger partial charge in [-0.25, -0.2) is 0 Å². The summed E-state index contributed by atoms with van der Waals surface area (Å²) in [4.78, 5) is 0. The molecule has 0 aliphatic carbocycles. The smallest absolute Gasteiger partial charge is 0.373 e. The number of hydrogen-bond acceptors (Lipinski definition) is 3. The molecular weight excluding hydrogens is 323 g/mol. The third-order valence-electron chi connectivity index (χ3n) is 2.26. The monoisotopic (exact) mass is 338 g/mol. The maximum absolute atomic E-state index is 5.45. The SMILES string of the molecule is CO[Si](OC)(OC)c1cc(C)ccc1I. The summed E-state index contributed by atoms with van der Waals surface area (Å²) in [5, 5.41) is 1.02. The van der Waals surface area contributed by atoms with Crippen molar-refractivity contribution in [1.82, 2.24) is 0 Å². The van der Waals surface area contributed by atoms with E-state index in [0.717, 1.165) is 8.76 Å². The van der Waals surface area contributed by atoms with E-state index in [1.54, 1.807) is 21.3 Å². The van der Waals surface area contributed by atoms with Crippen molar-refractivity contribution >= 4 is 36.6 Å². The van der Waals surface area contributed by atoms with Crippen molar-refractivity contribution in [3.05, 3.63) is 27.3 Å². The lowest BCUT2D eigenvalue weighted by Gasteiger charge is -2.25. The lowest BCUT2D eigenvalue weighted by Crippen LogP contribution is -2.55. The summed E-state index contributed by atoms with van der Waals surface area (Å²) in [6.07, 6.45) is 0. The summed E-state index contributed by atoms with van der Waals surface area (Å²) < 4.78 is 17.5. The first-order chi connectivity index (χ1) is 7.09. The highest BCUT2D eigenvalue weighted by molar-refractivity contribution is 14.1. The Labute approximate surface area is 105 Å². The normalized spacial score (nSPS) is 11.8. The third-order valence-corrected chi connectivity index (χ3v) is 6.39. The molecule has 0 N–H and O–H groups in total. The fourth-order valence-corrected chi connectivity index (χ4v) is 4.72. The van der Waals surface area contributed by atoms with Gasteiger partial charge in [0, 0.05) is 30.1 Å². The molecule has 0 atom stereocenters. The maximum atomic E-state index is 5.45. The van der Waals surface area contributed by atoms with E-state index < -0.39 is 8.80 Å². The van der Waals surface area contributed by atoms with E-state index in [-0.39, 0.29) is 0 Å². The Kier molecular flexibility index (Phi) is 4.72. The maximum Gasteiger partial charge on any atom is 0.537 e. The van der Waals surface area contributed by atoms with Crippen LogP contribution in [0.3, 0.4) is 0 Å².